The summed E-state index contributed by atoms with van der Waals surface area (Å²) in [4.78, 5) is 19.8. The highest BCUT2D eigenvalue weighted by atomic mass is 32.2. The smallest absolute Gasteiger partial charge is 0.229 e. The number of amides is 1. The molecule has 0 aromatic carbocycles. The van der Waals surface area contributed by atoms with Gasteiger partial charge in [0.2, 0.25) is 15.7 Å². The zero-order valence-electron chi connectivity index (χ0n) is 16.2. The molecule has 3 rings (SSSR count). The van der Waals surface area contributed by atoms with E-state index in [1.807, 2.05) is 0 Å². The lowest BCUT2D eigenvalue weighted by atomic mass is 9.88. The summed E-state index contributed by atoms with van der Waals surface area (Å²) in [5, 5.41) is 1.55. The third kappa shape index (κ3) is 4.80. The molecule has 2 aliphatic carbocycles. The first-order valence-electron chi connectivity index (χ1n) is 10.1. The second-order valence-corrected chi connectivity index (χ2v) is 10.9. The minimum Gasteiger partial charge on any atom is -0.336 e. The van der Waals surface area contributed by atoms with E-state index in [-0.39, 0.29) is 16.5 Å². The predicted molar refractivity (Wildman–Crippen MR) is 109 cm³/mol. The van der Waals surface area contributed by atoms with Gasteiger partial charge in [-0.1, -0.05) is 45.1 Å². The van der Waals surface area contributed by atoms with Crippen molar-refractivity contribution < 1.29 is 13.2 Å². The topological polar surface area (TPSA) is 67.3 Å². The number of hydrogen-bond donors (Lipinski definition) is 0. The van der Waals surface area contributed by atoms with Gasteiger partial charge in [-0.3, -0.25) is 4.79 Å². The molecule has 1 aromatic rings. The van der Waals surface area contributed by atoms with Crippen LogP contribution in [0.25, 0.3) is 0 Å². The van der Waals surface area contributed by atoms with E-state index in [4.69, 9.17) is 0 Å². The van der Waals surface area contributed by atoms with Crippen LogP contribution in [0, 0.1) is 6.92 Å². The van der Waals surface area contributed by atoms with Crippen LogP contribution in [-0.4, -0.2) is 36.3 Å². The quantitative estimate of drug-likeness (QED) is 0.697. The number of carbonyl (C=O) groups is 1. The SMILES string of the molecule is C=CS(=O)(=O)c1sc(CC(=O)N(C2CCCCC2)C2CCCCC2)nc1C. The number of aromatic nitrogens is 1. The molecule has 5 nitrogen and oxygen atoms in total. The fraction of sp³-hybridized carbons (Fsp3) is 0.700. The molecule has 2 fully saturated rings. The van der Waals surface area contributed by atoms with E-state index in [9.17, 15) is 13.2 Å². The van der Waals surface area contributed by atoms with Gasteiger partial charge in [-0.25, -0.2) is 13.4 Å². The molecule has 0 radical (unpaired) electrons. The molecule has 7 heteroatoms. The molecule has 27 heavy (non-hydrogen) atoms. The Labute approximate surface area is 166 Å². The third-order valence-corrected chi connectivity index (χ3v) is 8.95. The van der Waals surface area contributed by atoms with Crippen molar-refractivity contribution in [3.05, 3.63) is 22.7 Å². The normalized spacial score (nSPS) is 19.7. The van der Waals surface area contributed by atoms with Crippen LogP contribution >= 0.6 is 11.3 Å². The maximum absolute atomic E-state index is 13.3. The predicted octanol–water partition coefficient (Wildman–Crippen LogP) is 4.41. The molecule has 0 unspecified atom stereocenters. The lowest BCUT2D eigenvalue weighted by molar-refractivity contribution is -0.137. The number of carbonyl (C=O) groups excluding carboxylic acids is 1. The average molecular weight is 411 g/mol. The molecule has 2 aliphatic rings. The van der Waals surface area contributed by atoms with Crippen LogP contribution in [0.1, 0.15) is 74.9 Å². The van der Waals surface area contributed by atoms with Gasteiger partial charge in [0, 0.05) is 17.5 Å². The molecule has 0 N–H and O–H groups in total. The largest absolute Gasteiger partial charge is 0.336 e. The second kappa shape index (κ2) is 8.86. The maximum Gasteiger partial charge on any atom is 0.229 e. The highest BCUT2D eigenvalue weighted by molar-refractivity contribution is 7.96. The lowest BCUT2D eigenvalue weighted by Crippen LogP contribution is -2.49. The number of hydrogen-bond acceptors (Lipinski definition) is 5. The van der Waals surface area contributed by atoms with E-state index in [1.54, 1.807) is 6.92 Å². The maximum atomic E-state index is 13.3. The number of aryl methyl sites for hydroxylation is 1. The summed E-state index contributed by atoms with van der Waals surface area (Å²) >= 11 is 1.11. The molecule has 0 aliphatic heterocycles. The van der Waals surface area contributed by atoms with Crippen LogP contribution < -0.4 is 0 Å². The summed E-state index contributed by atoms with van der Waals surface area (Å²) in [6.07, 6.45) is 11.9. The summed E-state index contributed by atoms with van der Waals surface area (Å²) in [5.74, 6) is 0.116. The van der Waals surface area contributed by atoms with Crippen LogP contribution in [0.3, 0.4) is 0 Å². The van der Waals surface area contributed by atoms with Crippen molar-refractivity contribution in [3.8, 4) is 0 Å². The highest BCUT2D eigenvalue weighted by Crippen LogP contribution is 2.32. The molecule has 0 saturated heterocycles. The van der Waals surface area contributed by atoms with E-state index in [2.05, 4.69) is 16.5 Å². The summed E-state index contributed by atoms with van der Waals surface area (Å²) < 4.78 is 24.4. The van der Waals surface area contributed by atoms with Crippen LogP contribution in [0.15, 0.2) is 16.2 Å². The zero-order valence-corrected chi connectivity index (χ0v) is 17.8. The Balaban J connectivity index is 1.79. The monoisotopic (exact) mass is 410 g/mol. The van der Waals surface area contributed by atoms with Crippen LogP contribution in [0.4, 0.5) is 0 Å². The lowest BCUT2D eigenvalue weighted by Gasteiger charge is -2.41. The van der Waals surface area contributed by atoms with E-state index in [1.165, 1.54) is 38.5 Å². The first-order chi connectivity index (χ1) is 12.9. The van der Waals surface area contributed by atoms with E-state index in [0.717, 1.165) is 42.4 Å². The van der Waals surface area contributed by atoms with Gasteiger partial charge >= 0.3 is 0 Å². The fourth-order valence-electron chi connectivity index (χ4n) is 4.50. The van der Waals surface area contributed by atoms with Gasteiger partial charge in [-0.15, -0.1) is 11.3 Å². The first-order valence-corrected chi connectivity index (χ1v) is 12.4. The summed E-state index contributed by atoms with van der Waals surface area (Å²) in [7, 11) is -3.51. The molecular weight excluding hydrogens is 380 g/mol. The molecule has 150 valence electrons. The standard InChI is InChI=1S/C20H30N2O3S2/c1-3-27(24,25)20-15(2)21-18(26-20)14-19(23)22(16-10-6-4-7-11-16)17-12-8-5-9-13-17/h3,16-17H,1,4-14H2,2H3. The third-order valence-electron chi connectivity index (χ3n) is 5.80. The van der Waals surface area contributed by atoms with Crippen molar-refractivity contribution in [1.29, 1.82) is 0 Å². The Morgan fingerprint density at radius 2 is 1.63 bits per heavy atom. The van der Waals surface area contributed by atoms with Gasteiger partial charge in [-0.05, 0) is 32.6 Å². The van der Waals surface area contributed by atoms with Crippen molar-refractivity contribution in [1.82, 2.24) is 9.88 Å². The molecule has 1 heterocycles. The minimum absolute atomic E-state index is 0.116. The average Bonchev–Trinajstić information content (AvgIpc) is 3.04. The number of rotatable bonds is 6. The summed E-state index contributed by atoms with van der Waals surface area (Å²) in [6, 6.07) is 0.679. The van der Waals surface area contributed by atoms with Crippen LogP contribution in [0.2, 0.25) is 0 Å². The van der Waals surface area contributed by atoms with E-state index < -0.39 is 9.84 Å². The van der Waals surface area contributed by atoms with Gasteiger partial charge in [-0.2, -0.15) is 0 Å². The molecule has 0 spiro atoms. The Bertz CT molecular complexity index is 755. The van der Waals surface area contributed by atoms with Crippen molar-refractivity contribution >= 4 is 27.1 Å². The Morgan fingerprint density at radius 3 is 2.11 bits per heavy atom. The van der Waals surface area contributed by atoms with Gasteiger partial charge in [0.05, 0.1) is 12.1 Å². The first kappa shape index (κ1) is 20.5. The molecule has 0 atom stereocenters. The van der Waals surface area contributed by atoms with E-state index >= 15 is 0 Å². The van der Waals surface area contributed by atoms with Gasteiger partial charge in [0.1, 0.15) is 9.22 Å². The van der Waals surface area contributed by atoms with E-state index in [0.29, 0.717) is 22.8 Å². The van der Waals surface area contributed by atoms with Crippen molar-refractivity contribution in [2.45, 2.75) is 93.8 Å². The minimum atomic E-state index is -3.51. The molecule has 2 saturated carbocycles. The van der Waals surface area contributed by atoms with Crippen molar-refractivity contribution in [2.24, 2.45) is 0 Å². The van der Waals surface area contributed by atoms with Gasteiger partial charge in [0.25, 0.3) is 0 Å². The number of nitrogens with zero attached hydrogens (tertiary/aromatic N) is 2. The van der Waals surface area contributed by atoms with Crippen molar-refractivity contribution in [3.63, 3.8) is 0 Å². The van der Waals surface area contributed by atoms with Crippen molar-refractivity contribution in [2.75, 3.05) is 0 Å². The summed E-state index contributed by atoms with van der Waals surface area (Å²) in [5.41, 5.74) is 0.463. The molecular formula is C20H30N2O3S2. The van der Waals surface area contributed by atoms with Gasteiger partial charge in [0.15, 0.2) is 0 Å². The Morgan fingerprint density at radius 1 is 1.11 bits per heavy atom. The van der Waals surface area contributed by atoms with Gasteiger partial charge < -0.3 is 4.90 Å². The van der Waals surface area contributed by atoms with Crippen LogP contribution in [0.5, 0.6) is 0 Å². The highest BCUT2D eigenvalue weighted by Gasteiger charge is 2.33. The second-order valence-electron chi connectivity index (χ2n) is 7.75. The molecule has 0 bridgehead atoms. The Hall–Kier alpha value is -1.21. The number of thiazole rings is 1. The molecule has 1 aromatic heterocycles. The zero-order chi connectivity index (χ0) is 19.4. The number of sulfone groups is 1. The van der Waals surface area contributed by atoms with Crippen LogP contribution in [-0.2, 0) is 21.1 Å². The Kier molecular flexibility index (Phi) is 6.74. The molecule has 1 amide bonds. The summed E-state index contributed by atoms with van der Waals surface area (Å²) in [6.45, 7) is 5.07. The fourth-order valence-corrected chi connectivity index (χ4v) is 6.85.